The molecule has 0 N–H and O–H groups in total. The average Bonchev–Trinajstić information content (AvgIpc) is 2.30. The summed E-state index contributed by atoms with van der Waals surface area (Å²) in [5, 5.41) is 0. The first kappa shape index (κ1) is 12.5. The minimum Gasteiger partial charge on any atom is -0.490 e. The largest absolute Gasteiger partial charge is 0.490 e. The number of hydrogen-bond donors (Lipinski definition) is 0. The molecule has 1 aromatic carbocycles. The lowest BCUT2D eigenvalue weighted by molar-refractivity contribution is 0.0519. The Morgan fingerprint density at radius 3 is 2.69 bits per heavy atom. The van der Waals surface area contributed by atoms with Gasteiger partial charge in [-0.1, -0.05) is 12.1 Å². The number of esters is 1. The van der Waals surface area contributed by atoms with Gasteiger partial charge in [0.1, 0.15) is 17.9 Å². The molecule has 1 rings (SSSR count). The topological polar surface area (TPSA) is 44.8 Å². The summed E-state index contributed by atoms with van der Waals surface area (Å²) < 4.78 is 15.2. The van der Waals surface area contributed by atoms with E-state index in [-0.39, 0.29) is 5.97 Å². The lowest BCUT2D eigenvalue weighted by Gasteiger charge is -2.09. The zero-order chi connectivity index (χ0) is 11.8. The van der Waals surface area contributed by atoms with E-state index < -0.39 is 0 Å². The highest BCUT2D eigenvalue weighted by Crippen LogP contribution is 2.18. The van der Waals surface area contributed by atoms with Crippen LogP contribution in [0.25, 0.3) is 0 Å². The number of rotatable bonds is 6. The van der Waals surface area contributed by atoms with E-state index in [9.17, 15) is 4.79 Å². The molecule has 1 aromatic rings. The Hall–Kier alpha value is -1.55. The summed E-state index contributed by atoms with van der Waals surface area (Å²) in [6.45, 7) is 3.02. The summed E-state index contributed by atoms with van der Waals surface area (Å²) in [6.07, 6.45) is 0. The molecule has 0 radical (unpaired) electrons. The van der Waals surface area contributed by atoms with Gasteiger partial charge in [0.2, 0.25) is 0 Å². The maximum Gasteiger partial charge on any atom is 0.341 e. The Morgan fingerprint density at radius 2 is 2.00 bits per heavy atom. The van der Waals surface area contributed by atoms with Gasteiger partial charge >= 0.3 is 5.97 Å². The van der Waals surface area contributed by atoms with Crippen molar-refractivity contribution < 1.29 is 19.0 Å². The van der Waals surface area contributed by atoms with E-state index in [0.29, 0.717) is 31.1 Å². The minimum atomic E-state index is -0.365. The molecule has 0 aliphatic rings. The van der Waals surface area contributed by atoms with E-state index in [1.54, 1.807) is 32.2 Å². The van der Waals surface area contributed by atoms with Crippen molar-refractivity contribution in [3.05, 3.63) is 29.8 Å². The van der Waals surface area contributed by atoms with Gasteiger partial charge in [0.05, 0.1) is 13.2 Å². The maximum absolute atomic E-state index is 11.6. The van der Waals surface area contributed by atoms with Crippen LogP contribution in [-0.4, -0.2) is 32.9 Å². The third-order valence-electron chi connectivity index (χ3n) is 1.93. The van der Waals surface area contributed by atoms with Crippen molar-refractivity contribution in [3.8, 4) is 5.75 Å². The number of hydrogen-bond acceptors (Lipinski definition) is 4. The van der Waals surface area contributed by atoms with E-state index in [1.165, 1.54) is 0 Å². The Bertz CT molecular complexity index is 336. The number of carbonyl (C=O) groups excluding carboxylic acids is 1. The molecule has 88 valence electrons. The van der Waals surface area contributed by atoms with Crippen LogP contribution < -0.4 is 4.74 Å². The fourth-order valence-corrected chi connectivity index (χ4v) is 1.20. The maximum atomic E-state index is 11.6. The summed E-state index contributed by atoms with van der Waals surface area (Å²) in [6, 6.07) is 7.00. The van der Waals surface area contributed by atoms with Crippen molar-refractivity contribution in [2.75, 3.05) is 26.9 Å². The fraction of sp³-hybridized carbons (Fsp3) is 0.417. The molecule has 0 aliphatic heterocycles. The predicted octanol–water partition coefficient (Wildman–Crippen LogP) is 1.89. The third-order valence-corrected chi connectivity index (χ3v) is 1.93. The normalized spacial score (nSPS) is 9.88. The van der Waals surface area contributed by atoms with Crippen LogP contribution in [0.2, 0.25) is 0 Å². The molecule has 16 heavy (non-hydrogen) atoms. The van der Waals surface area contributed by atoms with Crippen LogP contribution in [0.15, 0.2) is 24.3 Å². The minimum absolute atomic E-state index is 0.352. The molecule has 0 bridgehead atoms. The Labute approximate surface area is 95.1 Å². The number of benzene rings is 1. The van der Waals surface area contributed by atoms with E-state index >= 15 is 0 Å². The van der Waals surface area contributed by atoms with Gasteiger partial charge in [-0.05, 0) is 19.1 Å². The van der Waals surface area contributed by atoms with Gasteiger partial charge in [0.15, 0.2) is 0 Å². The zero-order valence-electron chi connectivity index (χ0n) is 9.56. The second-order valence-electron chi connectivity index (χ2n) is 3.06. The molecule has 0 heterocycles. The molecule has 0 aliphatic carbocycles. The second kappa shape index (κ2) is 6.85. The summed E-state index contributed by atoms with van der Waals surface area (Å²) in [4.78, 5) is 11.6. The van der Waals surface area contributed by atoms with Crippen molar-refractivity contribution in [2.24, 2.45) is 0 Å². The molecule has 0 saturated heterocycles. The number of para-hydroxylation sites is 1. The average molecular weight is 224 g/mol. The van der Waals surface area contributed by atoms with Crippen LogP contribution in [0.1, 0.15) is 17.3 Å². The van der Waals surface area contributed by atoms with Crippen LogP contribution in [0.4, 0.5) is 0 Å². The van der Waals surface area contributed by atoms with E-state index in [4.69, 9.17) is 14.2 Å². The molecule has 0 atom stereocenters. The highest BCUT2D eigenvalue weighted by Gasteiger charge is 2.12. The summed E-state index contributed by atoms with van der Waals surface area (Å²) in [5.74, 6) is 0.161. The van der Waals surface area contributed by atoms with Crippen LogP contribution in [0.3, 0.4) is 0 Å². The number of methoxy groups -OCH3 is 1. The first-order valence-corrected chi connectivity index (χ1v) is 5.17. The first-order valence-electron chi connectivity index (χ1n) is 5.17. The first-order chi connectivity index (χ1) is 7.79. The van der Waals surface area contributed by atoms with E-state index in [1.807, 2.05) is 6.07 Å². The number of ether oxygens (including phenoxy) is 3. The molecule has 4 nitrogen and oxygen atoms in total. The Balaban J connectivity index is 2.71. The van der Waals surface area contributed by atoms with Crippen LogP contribution in [-0.2, 0) is 9.47 Å². The zero-order valence-corrected chi connectivity index (χ0v) is 9.56. The quantitative estimate of drug-likeness (QED) is 0.546. The van der Waals surface area contributed by atoms with Crippen molar-refractivity contribution in [3.63, 3.8) is 0 Å². The van der Waals surface area contributed by atoms with Gasteiger partial charge in [0.25, 0.3) is 0 Å². The number of carbonyl (C=O) groups is 1. The highest BCUT2D eigenvalue weighted by atomic mass is 16.5. The molecule has 4 heteroatoms. The van der Waals surface area contributed by atoms with E-state index in [2.05, 4.69) is 0 Å². The molecule has 0 saturated carbocycles. The van der Waals surface area contributed by atoms with E-state index in [0.717, 1.165) is 0 Å². The standard InChI is InChI=1S/C12H16O4/c1-3-15-12(13)10-6-4-5-7-11(10)16-9-8-14-2/h4-7H,3,8-9H2,1-2H3. The monoisotopic (exact) mass is 224 g/mol. The lowest BCUT2D eigenvalue weighted by atomic mass is 10.2. The van der Waals surface area contributed by atoms with Gasteiger partial charge in [-0.2, -0.15) is 0 Å². The van der Waals surface area contributed by atoms with Gasteiger partial charge < -0.3 is 14.2 Å². The molecule has 0 spiro atoms. The molecule has 0 unspecified atom stereocenters. The molecular formula is C12H16O4. The molecular weight excluding hydrogens is 208 g/mol. The van der Waals surface area contributed by atoms with Gasteiger partial charge in [-0.15, -0.1) is 0 Å². The van der Waals surface area contributed by atoms with Crippen molar-refractivity contribution in [2.45, 2.75) is 6.92 Å². The van der Waals surface area contributed by atoms with Crippen LogP contribution in [0.5, 0.6) is 5.75 Å². The molecule has 0 fully saturated rings. The van der Waals surface area contributed by atoms with Crippen molar-refractivity contribution in [1.29, 1.82) is 0 Å². The van der Waals surface area contributed by atoms with Crippen molar-refractivity contribution in [1.82, 2.24) is 0 Å². The fourth-order valence-electron chi connectivity index (χ4n) is 1.20. The Kier molecular flexibility index (Phi) is 5.36. The predicted molar refractivity (Wildman–Crippen MR) is 59.8 cm³/mol. The summed E-state index contributed by atoms with van der Waals surface area (Å²) in [5.41, 5.74) is 0.445. The third kappa shape index (κ3) is 3.55. The highest BCUT2D eigenvalue weighted by molar-refractivity contribution is 5.92. The summed E-state index contributed by atoms with van der Waals surface area (Å²) >= 11 is 0. The van der Waals surface area contributed by atoms with Gasteiger partial charge in [0, 0.05) is 7.11 Å². The SMILES string of the molecule is CCOC(=O)c1ccccc1OCCOC. The smallest absolute Gasteiger partial charge is 0.341 e. The van der Waals surface area contributed by atoms with Crippen LogP contribution in [0, 0.1) is 0 Å². The summed E-state index contributed by atoms with van der Waals surface area (Å²) in [7, 11) is 1.60. The van der Waals surface area contributed by atoms with Crippen LogP contribution >= 0.6 is 0 Å². The van der Waals surface area contributed by atoms with Gasteiger partial charge in [-0.25, -0.2) is 4.79 Å². The van der Waals surface area contributed by atoms with Crippen molar-refractivity contribution >= 4 is 5.97 Å². The van der Waals surface area contributed by atoms with Gasteiger partial charge in [-0.3, -0.25) is 0 Å². The lowest BCUT2D eigenvalue weighted by Crippen LogP contribution is -2.10. The molecule has 0 amide bonds. The second-order valence-corrected chi connectivity index (χ2v) is 3.06. The molecule has 0 aromatic heterocycles. The Morgan fingerprint density at radius 1 is 1.25 bits per heavy atom.